The van der Waals surface area contributed by atoms with E-state index in [2.05, 4.69) is 0 Å². The highest BCUT2D eigenvalue weighted by molar-refractivity contribution is 5.75. The highest BCUT2D eigenvalue weighted by Crippen LogP contribution is 2.05. The van der Waals surface area contributed by atoms with Crippen molar-refractivity contribution in [2.45, 2.75) is 20.4 Å². The Hall–Kier alpha value is -1.98. The summed E-state index contributed by atoms with van der Waals surface area (Å²) in [5.41, 5.74) is -0.724. The van der Waals surface area contributed by atoms with Gasteiger partial charge >= 0.3 is 11.2 Å². The van der Waals surface area contributed by atoms with E-state index in [0.29, 0.717) is 5.69 Å². The number of rotatable bonds is 3. The number of Topliss-reactive ketones (excluding diaryl/α,β-unsaturated/α-hetero) is 1. The van der Waals surface area contributed by atoms with Crippen molar-refractivity contribution in [1.29, 1.82) is 0 Å². The standard InChI is InChI=1S/C9H10N2O4/c1-6-3-4-8(11(14)15)9(13)10(6)5-7(2)12/h3-4H,5H2,1-2H3. The molecule has 1 heterocycles. The van der Waals surface area contributed by atoms with E-state index in [0.717, 1.165) is 10.6 Å². The number of nitrogens with zero attached hydrogens (tertiary/aromatic N) is 2. The summed E-state index contributed by atoms with van der Waals surface area (Å²) in [5, 5.41) is 10.5. The molecular formula is C9H10N2O4. The lowest BCUT2D eigenvalue weighted by atomic mass is 10.3. The van der Waals surface area contributed by atoms with Crippen LogP contribution in [-0.2, 0) is 11.3 Å². The Morgan fingerprint density at radius 3 is 2.60 bits per heavy atom. The average Bonchev–Trinajstić information content (AvgIpc) is 2.11. The van der Waals surface area contributed by atoms with Gasteiger partial charge < -0.3 is 0 Å². The molecule has 6 nitrogen and oxygen atoms in total. The Morgan fingerprint density at radius 2 is 2.13 bits per heavy atom. The van der Waals surface area contributed by atoms with Gasteiger partial charge in [-0.2, -0.15) is 0 Å². The van der Waals surface area contributed by atoms with E-state index >= 15 is 0 Å². The Kier molecular flexibility index (Phi) is 2.99. The third kappa shape index (κ3) is 2.28. The zero-order valence-corrected chi connectivity index (χ0v) is 8.39. The highest BCUT2D eigenvalue weighted by Gasteiger charge is 2.15. The molecule has 0 radical (unpaired) electrons. The molecule has 0 atom stereocenters. The minimum absolute atomic E-state index is 0.133. The monoisotopic (exact) mass is 210 g/mol. The molecular weight excluding hydrogens is 200 g/mol. The second-order valence-corrected chi connectivity index (χ2v) is 3.21. The number of carbonyl (C=O) groups excluding carboxylic acids is 1. The third-order valence-electron chi connectivity index (χ3n) is 1.95. The molecule has 0 aliphatic carbocycles. The normalized spacial score (nSPS) is 10.0. The fourth-order valence-electron chi connectivity index (χ4n) is 1.22. The SMILES string of the molecule is CC(=O)Cn1c(C)ccc([N+](=O)[O-])c1=O. The molecule has 15 heavy (non-hydrogen) atoms. The minimum atomic E-state index is -0.752. The summed E-state index contributed by atoms with van der Waals surface area (Å²) in [6.07, 6.45) is 0. The van der Waals surface area contributed by atoms with Crippen molar-refractivity contribution >= 4 is 11.5 Å². The predicted octanol–water partition coefficient (Wildman–Crippen LogP) is 0.654. The fraction of sp³-hybridized carbons (Fsp3) is 0.333. The summed E-state index contributed by atoms with van der Waals surface area (Å²) < 4.78 is 1.10. The Bertz CT molecular complexity index is 475. The zero-order valence-electron chi connectivity index (χ0n) is 8.39. The second kappa shape index (κ2) is 4.04. The molecule has 80 valence electrons. The number of hydrogen-bond donors (Lipinski definition) is 0. The number of aryl methyl sites for hydroxylation is 1. The van der Waals surface area contributed by atoms with Gasteiger partial charge in [-0.3, -0.25) is 24.3 Å². The summed E-state index contributed by atoms with van der Waals surface area (Å²) >= 11 is 0. The van der Waals surface area contributed by atoms with Gasteiger partial charge in [0.2, 0.25) is 0 Å². The molecule has 6 heteroatoms. The summed E-state index contributed by atoms with van der Waals surface area (Å²) in [4.78, 5) is 32.1. The highest BCUT2D eigenvalue weighted by atomic mass is 16.6. The summed E-state index contributed by atoms with van der Waals surface area (Å²) in [7, 11) is 0. The molecule has 0 amide bonds. The second-order valence-electron chi connectivity index (χ2n) is 3.21. The van der Waals surface area contributed by atoms with Crippen molar-refractivity contribution in [3.8, 4) is 0 Å². The van der Waals surface area contributed by atoms with Gasteiger partial charge in [-0.05, 0) is 19.9 Å². The Morgan fingerprint density at radius 1 is 1.53 bits per heavy atom. The van der Waals surface area contributed by atoms with Crippen molar-refractivity contribution in [2.75, 3.05) is 0 Å². The van der Waals surface area contributed by atoms with Crippen molar-refractivity contribution < 1.29 is 9.72 Å². The van der Waals surface area contributed by atoms with Crippen molar-refractivity contribution in [2.24, 2.45) is 0 Å². The quantitative estimate of drug-likeness (QED) is 0.541. The first-order valence-corrected chi connectivity index (χ1v) is 4.27. The van der Waals surface area contributed by atoms with Crippen LogP contribution in [0.3, 0.4) is 0 Å². The lowest BCUT2D eigenvalue weighted by Crippen LogP contribution is -2.26. The smallest absolute Gasteiger partial charge is 0.300 e. The number of ketones is 1. The number of aromatic nitrogens is 1. The van der Waals surface area contributed by atoms with Crippen LogP contribution in [0.5, 0.6) is 0 Å². The van der Waals surface area contributed by atoms with Crippen LogP contribution in [0.15, 0.2) is 16.9 Å². The molecule has 0 aliphatic heterocycles. The third-order valence-corrected chi connectivity index (χ3v) is 1.95. The Balaban J connectivity index is 3.37. The summed E-state index contributed by atoms with van der Waals surface area (Å²) in [5.74, 6) is -0.222. The molecule has 1 aromatic rings. The number of nitro groups is 1. The van der Waals surface area contributed by atoms with Gasteiger partial charge in [0.15, 0.2) is 0 Å². The molecule has 0 saturated carbocycles. The maximum absolute atomic E-state index is 11.5. The largest absolute Gasteiger partial charge is 0.334 e. The molecule has 0 N–H and O–H groups in total. The van der Waals surface area contributed by atoms with Crippen LogP contribution in [0.4, 0.5) is 5.69 Å². The molecule has 0 unspecified atom stereocenters. The van der Waals surface area contributed by atoms with Crippen molar-refractivity contribution in [3.05, 3.63) is 38.3 Å². The van der Waals surface area contributed by atoms with E-state index in [1.54, 1.807) is 6.92 Å². The lowest BCUT2D eigenvalue weighted by molar-refractivity contribution is -0.386. The first kappa shape index (κ1) is 11.1. The van der Waals surface area contributed by atoms with Crippen LogP contribution in [0.1, 0.15) is 12.6 Å². The van der Waals surface area contributed by atoms with Gasteiger partial charge in [-0.15, -0.1) is 0 Å². The van der Waals surface area contributed by atoms with Gasteiger partial charge in [0.25, 0.3) is 0 Å². The number of hydrogen-bond acceptors (Lipinski definition) is 4. The molecule has 0 bridgehead atoms. The van der Waals surface area contributed by atoms with Crippen molar-refractivity contribution in [1.82, 2.24) is 4.57 Å². The van der Waals surface area contributed by atoms with Crippen molar-refractivity contribution in [3.63, 3.8) is 0 Å². The van der Waals surface area contributed by atoms with E-state index in [1.807, 2.05) is 0 Å². The number of carbonyl (C=O) groups is 1. The van der Waals surface area contributed by atoms with Gasteiger partial charge in [0, 0.05) is 11.8 Å². The van der Waals surface area contributed by atoms with Gasteiger partial charge in [-0.1, -0.05) is 0 Å². The molecule has 0 saturated heterocycles. The first-order chi connectivity index (χ1) is 6.93. The van der Waals surface area contributed by atoms with E-state index in [-0.39, 0.29) is 12.3 Å². The molecule has 0 aliphatic rings. The molecule has 0 fully saturated rings. The van der Waals surface area contributed by atoms with E-state index < -0.39 is 16.2 Å². The van der Waals surface area contributed by atoms with Gasteiger partial charge in [0.1, 0.15) is 5.78 Å². The fourth-order valence-corrected chi connectivity index (χ4v) is 1.22. The van der Waals surface area contributed by atoms with Crippen LogP contribution in [0.2, 0.25) is 0 Å². The topological polar surface area (TPSA) is 82.2 Å². The summed E-state index contributed by atoms with van der Waals surface area (Å²) in [6.45, 7) is 2.81. The van der Waals surface area contributed by atoms with E-state index in [9.17, 15) is 19.7 Å². The minimum Gasteiger partial charge on any atom is -0.300 e. The maximum atomic E-state index is 11.5. The van der Waals surface area contributed by atoms with Crippen LogP contribution in [0.25, 0.3) is 0 Å². The van der Waals surface area contributed by atoms with E-state index in [4.69, 9.17) is 0 Å². The zero-order chi connectivity index (χ0) is 11.6. The number of pyridine rings is 1. The van der Waals surface area contributed by atoms with Gasteiger partial charge in [0.05, 0.1) is 11.5 Å². The molecule has 0 spiro atoms. The van der Waals surface area contributed by atoms with E-state index in [1.165, 1.54) is 13.0 Å². The van der Waals surface area contributed by atoms with Crippen LogP contribution >= 0.6 is 0 Å². The Labute approximate surface area is 85.3 Å². The molecule has 1 rings (SSSR count). The van der Waals surface area contributed by atoms with Crippen LogP contribution in [-0.4, -0.2) is 15.3 Å². The molecule has 0 aromatic carbocycles. The summed E-state index contributed by atoms with van der Waals surface area (Å²) in [6, 6.07) is 2.59. The first-order valence-electron chi connectivity index (χ1n) is 4.27. The van der Waals surface area contributed by atoms with Crippen LogP contribution < -0.4 is 5.56 Å². The average molecular weight is 210 g/mol. The van der Waals surface area contributed by atoms with Gasteiger partial charge in [-0.25, -0.2) is 0 Å². The molecule has 1 aromatic heterocycles. The predicted molar refractivity (Wildman–Crippen MR) is 52.8 cm³/mol. The van der Waals surface area contributed by atoms with Crippen LogP contribution in [0, 0.1) is 17.0 Å². The lowest BCUT2D eigenvalue weighted by Gasteiger charge is -2.06. The maximum Gasteiger partial charge on any atom is 0.334 e.